The predicted molar refractivity (Wildman–Crippen MR) is 70.2 cm³/mol. The highest BCUT2D eigenvalue weighted by Crippen LogP contribution is 2.31. The topological polar surface area (TPSA) is 51.8 Å². The number of hydrogen-bond acceptors (Lipinski definition) is 4. The van der Waals surface area contributed by atoms with Crippen molar-refractivity contribution in [2.45, 2.75) is 46.0 Å². The van der Waals surface area contributed by atoms with E-state index < -0.39 is 0 Å². The molecular formula is C14H19N3O. The van der Waals surface area contributed by atoms with Gasteiger partial charge in [-0.1, -0.05) is 33.8 Å². The van der Waals surface area contributed by atoms with E-state index in [0.29, 0.717) is 11.8 Å². The summed E-state index contributed by atoms with van der Waals surface area (Å²) in [5.41, 5.74) is 1.78. The van der Waals surface area contributed by atoms with Crippen LogP contribution < -0.4 is 0 Å². The van der Waals surface area contributed by atoms with E-state index in [1.165, 1.54) is 0 Å². The first kappa shape index (κ1) is 12.7. The van der Waals surface area contributed by atoms with E-state index in [-0.39, 0.29) is 5.41 Å². The number of rotatable bonds is 0. The third kappa shape index (κ3) is 2.28. The number of fused-ring (bicyclic) bond motifs is 5. The minimum absolute atomic E-state index is 0.0837. The Kier molecular flexibility index (Phi) is 3.45. The van der Waals surface area contributed by atoms with Crippen LogP contribution >= 0.6 is 0 Å². The fourth-order valence-corrected chi connectivity index (χ4v) is 1.89. The second-order valence-corrected chi connectivity index (χ2v) is 4.81. The van der Waals surface area contributed by atoms with Crippen LogP contribution in [0.3, 0.4) is 0 Å². The maximum Gasteiger partial charge on any atom is 0.266 e. The van der Waals surface area contributed by atoms with Gasteiger partial charge >= 0.3 is 0 Å². The quantitative estimate of drug-likeness (QED) is 0.714. The highest BCUT2D eigenvalue weighted by molar-refractivity contribution is 5.46. The number of nitrogens with zero attached hydrogens (tertiary/aromatic N) is 3. The molecule has 0 fully saturated rings. The molecule has 2 aromatic rings. The van der Waals surface area contributed by atoms with Gasteiger partial charge in [-0.3, -0.25) is 0 Å². The lowest BCUT2D eigenvalue weighted by Gasteiger charge is -2.18. The van der Waals surface area contributed by atoms with Crippen molar-refractivity contribution in [2.75, 3.05) is 0 Å². The summed E-state index contributed by atoms with van der Waals surface area (Å²) in [4.78, 5) is 4.51. The maximum absolute atomic E-state index is 5.67. The smallest absolute Gasteiger partial charge is 0.266 e. The van der Waals surface area contributed by atoms with Gasteiger partial charge in [-0.25, -0.2) is 4.98 Å². The highest BCUT2D eigenvalue weighted by Gasteiger charge is 2.29. The van der Waals surface area contributed by atoms with Crippen molar-refractivity contribution >= 4 is 0 Å². The Hall–Kier alpha value is -1.71. The Morgan fingerprint density at radius 1 is 1.17 bits per heavy atom. The van der Waals surface area contributed by atoms with Gasteiger partial charge in [-0.05, 0) is 25.0 Å². The van der Waals surface area contributed by atoms with Gasteiger partial charge in [0.2, 0.25) is 5.89 Å². The lowest BCUT2D eigenvalue weighted by atomic mass is 9.87. The van der Waals surface area contributed by atoms with E-state index in [2.05, 4.69) is 29.0 Å². The maximum atomic E-state index is 5.67. The first-order valence-electron chi connectivity index (χ1n) is 6.45. The van der Waals surface area contributed by atoms with E-state index in [1.807, 2.05) is 32.0 Å². The summed E-state index contributed by atoms with van der Waals surface area (Å²) in [6.07, 6.45) is 1.90. The minimum Gasteiger partial charge on any atom is -0.419 e. The van der Waals surface area contributed by atoms with Crippen LogP contribution in [0.4, 0.5) is 0 Å². The molecule has 3 heterocycles. The molecular weight excluding hydrogens is 226 g/mol. The van der Waals surface area contributed by atoms with Crippen LogP contribution in [-0.4, -0.2) is 15.2 Å². The molecule has 0 spiro atoms. The molecule has 4 heteroatoms. The van der Waals surface area contributed by atoms with E-state index in [1.54, 1.807) is 0 Å². The normalized spacial score (nSPS) is 15.8. The Morgan fingerprint density at radius 3 is 2.72 bits per heavy atom. The van der Waals surface area contributed by atoms with Crippen molar-refractivity contribution < 1.29 is 4.42 Å². The molecule has 0 aromatic carbocycles. The molecule has 0 unspecified atom stereocenters. The molecule has 0 atom stereocenters. The van der Waals surface area contributed by atoms with E-state index in [4.69, 9.17) is 4.42 Å². The molecule has 96 valence electrons. The van der Waals surface area contributed by atoms with Crippen molar-refractivity contribution in [3.63, 3.8) is 0 Å². The molecule has 2 aromatic heterocycles. The molecule has 1 aliphatic rings. The van der Waals surface area contributed by atoms with Crippen molar-refractivity contribution in [1.29, 1.82) is 0 Å². The van der Waals surface area contributed by atoms with Gasteiger partial charge in [0, 0.05) is 11.1 Å². The molecule has 1 aliphatic heterocycles. The summed E-state index contributed by atoms with van der Waals surface area (Å²) in [5, 5.41) is 8.16. The van der Waals surface area contributed by atoms with Gasteiger partial charge in [0.1, 0.15) is 5.69 Å². The van der Waals surface area contributed by atoms with Crippen LogP contribution in [0.5, 0.6) is 0 Å². The number of pyridine rings is 1. The largest absolute Gasteiger partial charge is 0.419 e. The Labute approximate surface area is 107 Å². The molecule has 3 rings (SSSR count). The second-order valence-electron chi connectivity index (χ2n) is 4.81. The van der Waals surface area contributed by atoms with Crippen LogP contribution in [0.1, 0.15) is 45.7 Å². The molecule has 0 radical (unpaired) electrons. The zero-order valence-electron chi connectivity index (χ0n) is 11.4. The lowest BCUT2D eigenvalue weighted by Crippen LogP contribution is -2.18. The minimum atomic E-state index is -0.0837. The molecule has 0 saturated heterocycles. The molecule has 0 aliphatic carbocycles. The average molecular weight is 245 g/mol. The molecule has 4 bridgehead atoms. The Bertz CT molecular complexity index is 531. The first-order valence-corrected chi connectivity index (χ1v) is 6.45. The molecule has 18 heavy (non-hydrogen) atoms. The Balaban J connectivity index is 0.000000574. The van der Waals surface area contributed by atoms with Crippen LogP contribution in [0.15, 0.2) is 22.6 Å². The standard InChI is InChI=1S/C12H13N3O.C2H6/c1-12(2)7-6-8-4-3-5-9(13-8)10-14-15-11(12)16-10;1-2/h3-5H,6-7H2,1-2H3;1-2H3. The first-order chi connectivity index (χ1) is 8.65. The SMILES string of the molecule is CC.CC1(C)CCc2cccc(n2)-c2nnc1o2. The fraction of sp³-hybridized carbons (Fsp3) is 0.500. The number of aryl methyl sites for hydroxylation is 1. The zero-order chi connectivity index (χ0) is 13.2. The lowest BCUT2D eigenvalue weighted by molar-refractivity contribution is 0.355. The summed E-state index contributed by atoms with van der Waals surface area (Å²) in [6.45, 7) is 8.25. The van der Waals surface area contributed by atoms with Gasteiger partial charge in [-0.2, -0.15) is 0 Å². The van der Waals surface area contributed by atoms with Crippen LogP contribution in [-0.2, 0) is 11.8 Å². The van der Waals surface area contributed by atoms with E-state index >= 15 is 0 Å². The summed E-state index contributed by atoms with van der Waals surface area (Å²) < 4.78 is 5.67. The average Bonchev–Trinajstić information content (AvgIpc) is 2.89. The van der Waals surface area contributed by atoms with Crippen molar-refractivity contribution in [3.05, 3.63) is 29.8 Å². The van der Waals surface area contributed by atoms with E-state index in [9.17, 15) is 0 Å². The van der Waals surface area contributed by atoms with Crippen LogP contribution in [0.25, 0.3) is 11.6 Å². The van der Waals surface area contributed by atoms with Gasteiger partial charge in [0.05, 0.1) is 0 Å². The van der Waals surface area contributed by atoms with Crippen LogP contribution in [0.2, 0.25) is 0 Å². The number of aromatic nitrogens is 3. The zero-order valence-corrected chi connectivity index (χ0v) is 11.4. The fourth-order valence-electron chi connectivity index (χ4n) is 1.89. The second kappa shape index (κ2) is 4.88. The van der Waals surface area contributed by atoms with Crippen molar-refractivity contribution in [3.8, 4) is 11.6 Å². The molecule has 0 N–H and O–H groups in total. The monoisotopic (exact) mass is 245 g/mol. The molecule has 0 saturated carbocycles. The van der Waals surface area contributed by atoms with Crippen molar-refractivity contribution in [1.82, 2.24) is 15.2 Å². The summed E-state index contributed by atoms with van der Waals surface area (Å²) in [6, 6.07) is 5.93. The van der Waals surface area contributed by atoms with E-state index in [0.717, 1.165) is 24.2 Å². The van der Waals surface area contributed by atoms with Gasteiger partial charge < -0.3 is 4.42 Å². The third-order valence-electron chi connectivity index (χ3n) is 3.04. The third-order valence-corrected chi connectivity index (χ3v) is 3.04. The van der Waals surface area contributed by atoms with Gasteiger partial charge in [0.25, 0.3) is 5.89 Å². The molecule has 0 amide bonds. The predicted octanol–water partition coefficient (Wildman–Crippen LogP) is 3.38. The number of hydrogen-bond donors (Lipinski definition) is 0. The molecule has 4 nitrogen and oxygen atoms in total. The summed E-state index contributed by atoms with van der Waals surface area (Å²) >= 11 is 0. The van der Waals surface area contributed by atoms with Crippen molar-refractivity contribution in [2.24, 2.45) is 0 Å². The highest BCUT2D eigenvalue weighted by atomic mass is 16.4. The van der Waals surface area contributed by atoms with Gasteiger partial charge in [-0.15, -0.1) is 10.2 Å². The van der Waals surface area contributed by atoms with Gasteiger partial charge in [0.15, 0.2) is 0 Å². The Morgan fingerprint density at radius 2 is 1.94 bits per heavy atom. The summed E-state index contributed by atoms with van der Waals surface area (Å²) in [5.74, 6) is 1.22. The van der Waals surface area contributed by atoms with Crippen LogP contribution in [0, 0.1) is 0 Å². The summed E-state index contributed by atoms with van der Waals surface area (Å²) in [7, 11) is 0.